The maximum Gasteiger partial charge on any atom is 0.0505 e. The van der Waals surface area contributed by atoms with Gasteiger partial charge in [-0.2, -0.15) is 0 Å². The third-order valence-corrected chi connectivity index (χ3v) is 7.69. The summed E-state index contributed by atoms with van der Waals surface area (Å²) in [5.74, 6) is 0.564. The highest BCUT2D eigenvalue weighted by atomic mass is 35.5. The summed E-state index contributed by atoms with van der Waals surface area (Å²) in [5.41, 5.74) is 4.29. The largest absolute Gasteiger partial charge is 0.301 e. The fraction of sp³-hybridized carbons (Fsp3) is 0.538. The molecule has 0 saturated heterocycles. The van der Waals surface area contributed by atoms with E-state index >= 15 is 0 Å². The first-order valence-corrected chi connectivity index (χ1v) is 12.1. The number of rotatable bonds is 9. The van der Waals surface area contributed by atoms with Crippen LogP contribution in [0.4, 0.5) is 0 Å². The summed E-state index contributed by atoms with van der Waals surface area (Å²) in [6.45, 7) is 6.88. The molecule has 0 amide bonds. The van der Waals surface area contributed by atoms with E-state index in [1.807, 2.05) is 0 Å². The predicted molar refractivity (Wildman–Crippen MR) is 127 cm³/mol. The van der Waals surface area contributed by atoms with Gasteiger partial charge >= 0.3 is 0 Å². The molecular formula is C26H35Cl2N. The summed E-state index contributed by atoms with van der Waals surface area (Å²) in [7, 11) is 0. The molecule has 158 valence electrons. The maximum atomic E-state index is 6.40. The average molecular weight is 432 g/mol. The van der Waals surface area contributed by atoms with Crippen molar-refractivity contribution in [3.05, 3.63) is 71.3 Å². The molecule has 1 fully saturated rings. The first kappa shape index (κ1) is 22.7. The molecule has 3 rings (SSSR count). The van der Waals surface area contributed by atoms with Gasteiger partial charge in [-0.1, -0.05) is 61.5 Å². The molecule has 2 aromatic carbocycles. The van der Waals surface area contributed by atoms with Gasteiger partial charge in [0.15, 0.2) is 0 Å². The topological polar surface area (TPSA) is 3.24 Å². The van der Waals surface area contributed by atoms with Gasteiger partial charge in [0, 0.05) is 18.0 Å². The molecule has 0 radical (unpaired) electrons. The number of halogens is 2. The highest BCUT2D eigenvalue weighted by molar-refractivity contribution is 6.30. The van der Waals surface area contributed by atoms with Gasteiger partial charge in [0.05, 0.1) is 5.38 Å². The van der Waals surface area contributed by atoms with E-state index in [2.05, 4.69) is 73.3 Å². The van der Waals surface area contributed by atoms with Crippen LogP contribution in [0.2, 0.25) is 0 Å². The molecule has 0 aromatic heterocycles. The van der Waals surface area contributed by atoms with Gasteiger partial charge in [0.1, 0.15) is 0 Å². The Bertz CT molecular complexity index is 715. The van der Waals surface area contributed by atoms with E-state index in [-0.39, 0.29) is 10.8 Å². The number of hydrogen-bond acceptors (Lipinski definition) is 1. The van der Waals surface area contributed by atoms with Crippen molar-refractivity contribution in [2.75, 3.05) is 13.1 Å². The lowest BCUT2D eigenvalue weighted by Gasteiger charge is -2.29. The van der Waals surface area contributed by atoms with Crippen LogP contribution in [-0.2, 0) is 12.8 Å². The SMILES string of the molecule is CCN(CCc1ccccc1)C(C)CCc1ccc(C2CCC(Cl)C(Cl)C2)cc1. The Morgan fingerprint density at radius 2 is 1.59 bits per heavy atom. The molecule has 29 heavy (non-hydrogen) atoms. The molecule has 1 aliphatic carbocycles. The van der Waals surface area contributed by atoms with Crippen LogP contribution >= 0.6 is 23.2 Å². The average Bonchev–Trinajstić information content (AvgIpc) is 2.76. The van der Waals surface area contributed by atoms with Crippen molar-refractivity contribution in [2.45, 2.75) is 75.1 Å². The van der Waals surface area contributed by atoms with Gasteiger partial charge in [0.25, 0.3) is 0 Å². The van der Waals surface area contributed by atoms with Crippen molar-refractivity contribution in [1.82, 2.24) is 4.90 Å². The van der Waals surface area contributed by atoms with E-state index in [4.69, 9.17) is 23.2 Å². The van der Waals surface area contributed by atoms with E-state index in [0.29, 0.717) is 12.0 Å². The van der Waals surface area contributed by atoms with E-state index in [1.54, 1.807) is 0 Å². The van der Waals surface area contributed by atoms with E-state index in [9.17, 15) is 0 Å². The van der Waals surface area contributed by atoms with Crippen LogP contribution in [0.3, 0.4) is 0 Å². The van der Waals surface area contributed by atoms with Crippen LogP contribution in [0, 0.1) is 0 Å². The molecule has 2 aromatic rings. The van der Waals surface area contributed by atoms with Gasteiger partial charge in [-0.15, -0.1) is 23.2 Å². The molecule has 1 aliphatic rings. The first-order valence-electron chi connectivity index (χ1n) is 11.2. The molecule has 0 bridgehead atoms. The second kappa shape index (κ2) is 11.4. The smallest absolute Gasteiger partial charge is 0.0505 e. The van der Waals surface area contributed by atoms with E-state index in [1.165, 1.54) is 23.1 Å². The first-order chi connectivity index (χ1) is 14.1. The molecule has 3 heteroatoms. The third-order valence-electron chi connectivity index (χ3n) is 6.56. The molecule has 0 spiro atoms. The Labute approximate surface area is 187 Å². The maximum absolute atomic E-state index is 6.40. The fourth-order valence-corrected chi connectivity index (χ4v) is 5.07. The molecule has 4 unspecified atom stereocenters. The number of benzene rings is 2. The number of likely N-dealkylation sites (N-methyl/N-ethyl adjacent to an activating group) is 1. The normalized spacial score (nSPS) is 23.3. The Kier molecular flexibility index (Phi) is 8.90. The second-order valence-electron chi connectivity index (χ2n) is 8.54. The van der Waals surface area contributed by atoms with Crippen molar-refractivity contribution in [3.63, 3.8) is 0 Å². The molecule has 1 saturated carbocycles. The molecular weight excluding hydrogens is 397 g/mol. The third kappa shape index (κ3) is 6.74. The molecule has 1 nitrogen and oxygen atoms in total. The number of aryl methyl sites for hydroxylation is 1. The summed E-state index contributed by atoms with van der Waals surface area (Å²) < 4.78 is 0. The van der Waals surface area contributed by atoms with Crippen LogP contribution in [0.1, 0.15) is 62.1 Å². The minimum Gasteiger partial charge on any atom is -0.301 e. The van der Waals surface area contributed by atoms with Crippen molar-refractivity contribution in [2.24, 2.45) is 0 Å². The minimum absolute atomic E-state index is 0.104. The zero-order valence-electron chi connectivity index (χ0n) is 17.9. The highest BCUT2D eigenvalue weighted by Crippen LogP contribution is 2.37. The second-order valence-corrected chi connectivity index (χ2v) is 9.66. The van der Waals surface area contributed by atoms with Crippen molar-refractivity contribution in [3.8, 4) is 0 Å². The molecule has 0 aliphatic heterocycles. The zero-order valence-corrected chi connectivity index (χ0v) is 19.4. The summed E-state index contributed by atoms with van der Waals surface area (Å²) in [4.78, 5) is 2.60. The summed E-state index contributed by atoms with van der Waals surface area (Å²) >= 11 is 12.7. The van der Waals surface area contributed by atoms with Gasteiger partial charge in [0.2, 0.25) is 0 Å². The number of hydrogen-bond donors (Lipinski definition) is 0. The van der Waals surface area contributed by atoms with Crippen LogP contribution in [0.15, 0.2) is 54.6 Å². The van der Waals surface area contributed by atoms with Crippen molar-refractivity contribution >= 4 is 23.2 Å². The molecule has 0 heterocycles. The Morgan fingerprint density at radius 1 is 0.897 bits per heavy atom. The lowest BCUT2D eigenvalue weighted by Crippen LogP contribution is -2.35. The lowest BCUT2D eigenvalue weighted by molar-refractivity contribution is 0.212. The van der Waals surface area contributed by atoms with Gasteiger partial charge in [-0.3, -0.25) is 0 Å². The van der Waals surface area contributed by atoms with Crippen LogP contribution in [0.25, 0.3) is 0 Å². The molecule has 0 N–H and O–H groups in total. The van der Waals surface area contributed by atoms with Gasteiger partial charge < -0.3 is 4.90 Å². The number of alkyl halides is 2. The Hall–Kier alpha value is -1.02. The van der Waals surface area contributed by atoms with Crippen LogP contribution in [0.5, 0.6) is 0 Å². The Morgan fingerprint density at radius 3 is 2.24 bits per heavy atom. The zero-order chi connectivity index (χ0) is 20.6. The monoisotopic (exact) mass is 431 g/mol. The van der Waals surface area contributed by atoms with Crippen LogP contribution < -0.4 is 0 Å². The fourth-order valence-electron chi connectivity index (χ4n) is 4.50. The molecule has 4 atom stereocenters. The lowest BCUT2D eigenvalue weighted by atomic mass is 9.83. The predicted octanol–water partition coefficient (Wildman–Crippen LogP) is 7.05. The van der Waals surface area contributed by atoms with E-state index in [0.717, 1.165) is 45.2 Å². The van der Waals surface area contributed by atoms with Gasteiger partial charge in [-0.05, 0) is 74.6 Å². The van der Waals surface area contributed by atoms with Gasteiger partial charge in [-0.25, -0.2) is 0 Å². The van der Waals surface area contributed by atoms with E-state index < -0.39 is 0 Å². The quantitative estimate of drug-likeness (QED) is 0.384. The Balaban J connectivity index is 1.47. The summed E-state index contributed by atoms with van der Waals surface area (Å²) in [6, 6.07) is 20.7. The highest BCUT2D eigenvalue weighted by Gasteiger charge is 2.28. The van der Waals surface area contributed by atoms with Crippen molar-refractivity contribution in [1.29, 1.82) is 0 Å². The van der Waals surface area contributed by atoms with Crippen LogP contribution in [-0.4, -0.2) is 34.8 Å². The minimum atomic E-state index is 0.104. The standard InChI is InChI=1S/C26H35Cl2N/c1-3-29(18-17-21-7-5-4-6-8-21)20(2)9-10-22-11-13-23(14-12-22)24-15-16-25(27)26(28)19-24/h4-8,11-14,20,24-26H,3,9-10,15-19H2,1-2H3. The van der Waals surface area contributed by atoms with Crippen molar-refractivity contribution < 1.29 is 0 Å². The number of nitrogens with zero attached hydrogens (tertiary/aromatic N) is 1. The summed E-state index contributed by atoms with van der Waals surface area (Å²) in [5, 5.41) is 0.240. The summed E-state index contributed by atoms with van der Waals surface area (Å²) in [6.07, 6.45) is 6.63.